The summed E-state index contributed by atoms with van der Waals surface area (Å²) >= 11 is 19.7. The number of carbonyl (C=O) groups is 1. The Bertz CT molecular complexity index is 997. The number of halogens is 3. The largest absolute Gasteiger partial charge is 0.461 e. The van der Waals surface area contributed by atoms with Crippen LogP contribution in [0.1, 0.15) is 29.1 Å². The van der Waals surface area contributed by atoms with Crippen LogP contribution in [-0.2, 0) is 4.74 Å². The van der Waals surface area contributed by atoms with Crippen molar-refractivity contribution in [1.82, 2.24) is 9.97 Å². The lowest BCUT2D eigenvalue weighted by Crippen LogP contribution is -2.09. The van der Waals surface area contributed by atoms with E-state index in [1.807, 2.05) is 20.8 Å². The Balaban J connectivity index is 2.02. The number of aromatic nitrogens is 2. The third-order valence-corrected chi connectivity index (χ3v) is 5.70. The fourth-order valence-electron chi connectivity index (χ4n) is 2.45. The molecule has 3 rings (SSSR count). The second-order valence-corrected chi connectivity index (χ2v) is 8.57. The van der Waals surface area contributed by atoms with Gasteiger partial charge >= 0.3 is 5.97 Å². The first-order valence-electron chi connectivity index (χ1n) is 8.10. The van der Waals surface area contributed by atoms with Crippen LogP contribution in [0.5, 0.6) is 0 Å². The average molecular weight is 445 g/mol. The van der Waals surface area contributed by atoms with E-state index in [-0.39, 0.29) is 11.9 Å². The van der Waals surface area contributed by atoms with Gasteiger partial charge in [-0.25, -0.2) is 14.8 Å². The lowest BCUT2D eigenvalue weighted by atomic mass is 10.2. The summed E-state index contributed by atoms with van der Waals surface area (Å²) in [5, 5.41) is 5.02. The first-order valence-corrected chi connectivity index (χ1v) is 10.1. The number of esters is 1. The topological polar surface area (TPSA) is 64.1 Å². The lowest BCUT2D eigenvalue weighted by Gasteiger charge is -2.11. The third-order valence-electron chi connectivity index (χ3n) is 3.71. The van der Waals surface area contributed by atoms with Gasteiger partial charge in [-0.15, -0.1) is 11.3 Å². The molecule has 27 heavy (non-hydrogen) atoms. The second-order valence-electron chi connectivity index (χ2n) is 6.32. The van der Waals surface area contributed by atoms with Crippen LogP contribution >= 0.6 is 46.1 Å². The summed E-state index contributed by atoms with van der Waals surface area (Å²) in [6.45, 7) is 6.17. The highest BCUT2D eigenvalue weighted by Gasteiger charge is 2.21. The predicted molar refractivity (Wildman–Crippen MR) is 112 cm³/mol. The number of ether oxygens (including phenoxy) is 1. The molecule has 0 spiro atoms. The molecule has 5 nitrogen and oxygen atoms in total. The molecule has 0 aliphatic rings. The third kappa shape index (κ3) is 4.29. The van der Waals surface area contributed by atoms with E-state index in [1.54, 1.807) is 12.1 Å². The molecule has 0 aliphatic carbocycles. The van der Waals surface area contributed by atoms with Gasteiger partial charge in [-0.3, -0.25) is 0 Å². The monoisotopic (exact) mass is 443 g/mol. The molecule has 0 saturated heterocycles. The number of thiophene rings is 1. The quantitative estimate of drug-likeness (QED) is 0.454. The summed E-state index contributed by atoms with van der Waals surface area (Å²) in [5.41, 5.74) is 1.23. The van der Waals surface area contributed by atoms with Gasteiger partial charge in [0, 0.05) is 5.02 Å². The van der Waals surface area contributed by atoms with Crippen molar-refractivity contribution >= 4 is 73.8 Å². The number of anilines is 2. The van der Waals surface area contributed by atoms with E-state index in [1.165, 1.54) is 17.7 Å². The van der Waals surface area contributed by atoms with Crippen LogP contribution < -0.4 is 5.32 Å². The summed E-state index contributed by atoms with van der Waals surface area (Å²) in [7, 11) is 0. The molecule has 0 fully saturated rings. The molecular formula is C18H16Cl3N3O2S. The van der Waals surface area contributed by atoms with Gasteiger partial charge in [0.25, 0.3) is 0 Å². The van der Waals surface area contributed by atoms with Crippen molar-refractivity contribution in [3.8, 4) is 0 Å². The van der Waals surface area contributed by atoms with Crippen LogP contribution in [-0.4, -0.2) is 22.5 Å². The zero-order chi connectivity index (χ0) is 19.7. The molecular weight excluding hydrogens is 429 g/mol. The van der Waals surface area contributed by atoms with Crippen LogP contribution in [0, 0.1) is 12.8 Å². The number of carbonyl (C=O) groups excluding carboxylic acids is 1. The number of hydrogen-bond acceptors (Lipinski definition) is 6. The molecule has 1 aromatic carbocycles. The Labute approximate surface area is 175 Å². The molecule has 3 aromatic rings. The van der Waals surface area contributed by atoms with Gasteiger partial charge in [0.2, 0.25) is 0 Å². The minimum Gasteiger partial charge on any atom is -0.461 e. The standard InChI is InChI=1S/C18H16Cl3N3O2S/c1-8(2)6-26-18(25)15-9(3)13-16(22-7-23-17(13)27-15)24-14-11(20)4-10(19)5-12(14)21/h4-5,7-8H,6H2,1-3H3,(H,22,23,24). The van der Waals surface area contributed by atoms with Crippen molar-refractivity contribution in [3.05, 3.63) is 44.0 Å². The van der Waals surface area contributed by atoms with Crippen LogP contribution in [0.2, 0.25) is 15.1 Å². The predicted octanol–water partition coefficient (Wildman–Crippen LogP) is 6.52. The molecule has 2 heterocycles. The van der Waals surface area contributed by atoms with Crippen molar-refractivity contribution in [1.29, 1.82) is 0 Å². The molecule has 0 unspecified atom stereocenters. The summed E-state index contributed by atoms with van der Waals surface area (Å²) < 4.78 is 5.36. The number of hydrogen-bond donors (Lipinski definition) is 1. The number of nitrogens with zero attached hydrogens (tertiary/aromatic N) is 2. The van der Waals surface area contributed by atoms with Gasteiger partial charge in [-0.2, -0.15) is 0 Å². The highest BCUT2D eigenvalue weighted by molar-refractivity contribution is 7.20. The molecule has 0 saturated carbocycles. The van der Waals surface area contributed by atoms with Crippen molar-refractivity contribution in [2.24, 2.45) is 5.92 Å². The zero-order valence-electron chi connectivity index (χ0n) is 14.8. The Kier molecular flexibility index (Phi) is 6.11. The minimum atomic E-state index is -0.363. The molecule has 0 bridgehead atoms. The van der Waals surface area contributed by atoms with Crippen molar-refractivity contribution in [3.63, 3.8) is 0 Å². The van der Waals surface area contributed by atoms with E-state index in [0.717, 1.165) is 10.9 Å². The average Bonchev–Trinajstić information content (AvgIpc) is 2.93. The van der Waals surface area contributed by atoms with E-state index < -0.39 is 0 Å². The minimum absolute atomic E-state index is 0.259. The van der Waals surface area contributed by atoms with Crippen molar-refractivity contribution in [2.45, 2.75) is 20.8 Å². The summed E-state index contributed by atoms with van der Waals surface area (Å²) in [6, 6.07) is 3.18. The normalized spacial score (nSPS) is 11.2. The summed E-state index contributed by atoms with van der Waals surface area (Å²) in [6.07, 6.45) is 1.42. The van der Waals surface area contributed by atoms with E-state index in [0.29, 0.717) is 42.9 Å². The fourth-order valence-corrected chi connectivity index (χ4v) is 4.40. The van der Waals surface area contributed by atoms with Gasteiger partial charge in [0.15, 0.2) is 0 Å². The second kappa shape index (κ2) is 8.19. The SMILES string of the molecule is Cc1c(C(=O)OCC(C)C)sc2ncnc(Nc3c(Cl)cc(Cl)cc3Cl)c12. The number of rotatable bonds is 5. The van der Waals surface area contributed by atoms with Crippen LogP contribution in [0.15, 0.2) is 18.5 Å². The van der Waals surface area contributed by atoms with Gasteiger partial charge in [0.1, 0.15) is 21.9 Å². The van der Waals surface area contributed by atoms with Gasteiger partial charge < -0.3 is 10.1 Å². The maximum atomic E-state index is 12.4. The van der Waals surface area contributed by atoms with E-state index >= 15 is 0 Å². The smallest absolute Gasteiger partial charge is 0.348 e. The lowest BCUT2D eigenvalue weighted by molar-refractivity contribution is 0.0464. The molecule has 1 N–H and O–H groups in total. The van der Waals surface area contributed by atoms with Crippen LogP contribution in [0.3, 0.4) is 0 Å². The molecule has 0 radical (unpaired) electrons. The molecule has 0 aliphatic heterocycles. The van der Waals surface area contributed by atoms with Gasteiger partial charge in [-0.1, -0.05) is 48.7 Å². The maximum absolute atomic E-state index is 12.4. The Hall–Kier alpha value is -1.60. The number of nitrogens with one attached hydrogen (secondary N) is 1. The molecule has 2 aromatic heterocycles. The Morgan fingerprint density at radius 1 is 1.22 bits per heavy atom. The highest BCUT2D eigenvalue weighted by Crippen LogP contribution is 2.39. The van der Waals surface area contributed by atoms with E-state index in [2.05, 4.69) is 15.3 Å². The number of aryl methyl sites for hydroxylation is 1. The van der Waals surface area contributed by atoms with Gasteiger partial charge in [0.05, 0.1) is 27.7 Å². The van der Waals surface area contributed by atoms with E-state index in [9.17, 15) is 4.79 Å². The van der Waals surface area contributed by atoms with Crippen molar-refractivity contribution < 1.29 is 9.53 Å². The Morgan fingerprint density at radius 2 is 1.89 bits per heavy atom. The molecule has 142 valence electrons. The highest BCUT2D eigenvalue weighted by atomic mass is 35.5. The molecule has 0 atom stereocenters. The zero-order valence-corrected chi connectivity index (χ0v) is 17.9. The van der Waals surface area contributed by atoms with Crippen LogP contribution in [0.4, 0.5) is 11.5 Å². The van der Waals surface area contributed by atoms with Crippen LogP contribution in [0.25, 0.3) is 10.2 Å². The summed E-state index contributed by atoms with van der Waals surface area (Å²) in [5.74, 6) is 0.398. The number of fused-ring (bicyclic) bond motifs is 1. The Morgan fingerprint density at radius 3 is 2.52 bits per heavy atom. The summed E-state index contributed by atoms with van der Waals surface area (Å²) in [4.78, 5) is 22.2. The first kappa shape index (κ1) is 20.1. The van der Waals surface area contributed by atoms with Gasteiger partial charge in [-0.05, 0) is 30.5 Å². The first-order chi connectivity index (χ1) is 12.8. The molecule has 0 amide bonds. The number of benzene rings is 1. The molecule has 9 heteroatoms. The fraction of sp³-hybridized carbons (Fsp3) is 0.278. The van der Waals surface area contributed by atoms with Crippen molar-refractivity contribution in [2.75, 3.05) is 11.9 Å². The van der Waals surface area contributed by atoms with E-state index in [4.69, 9.17) is 39.5 Å². The maximum Gasteiger partial charge on any atom is 0.348 e.